The van der Waals surface area contributed by atoms with Crippen LogP contribution < -0.4 is 0 Å². The van der Waals surface area contributed by atoms with Crippen LogP contribution in [0.4, 0.5) is 0 Å². The predicted molar refractivity (Wildman–Crippen MR) is 55.2 cm³/mol. The molecule has 1 aliphatic rings. The first kappa shape index (κ1) is 10.4. The summed E-state index contributed by atoms with van der Waals surface area (Å²) in [7, 11) is 0. The quantitative estimate of drug-likeness (QED) is 0.753. The van der Waals surface area contributed by atoms with Gasteiger partial charge >= 0.3 is 0 Å². The number of hydrogen-bond donors (Lipinski definition) is 2. The zero-order valence-corrected chi connectivity index (χ0v) is 8.70. The van der Waals surface area contributed by atoms with Crippen LogP contribution in [0.2, 0.25) is 5.02 Å². The maximum Gasteiger partial charge on any atom is 0.180 e. The van der Waals surface area contributed by atoms with Crippen LogP contribution in [0, 0.1) is 11.3 Å². The van der Waals surface area contributed by atoms with E-state index in [1.165, 1.54) is 0 Å². The molecule has 78 valence electrons. The van der Waals surface area contributed by atoms with Gasteiger partial charge in [0.1, 0.15) is 0 Å². The lowest BCUT2D eigenvalue weighted by Crippen LogP contribution is -2.10. The van der Waals surface area contributed by atoms with Crippen LogP contribution >= 0.6 is 11.6 Å². The van der Waals surface area contributed by atoms with E-state index in [1.807, 2.05) is 0 Å². The van der Waals surface area contributed by atoms with Crippen molar-refractivity contribution >= 4 is 11.6 Å². The van der Waals surface area contributed by atoms with E-state index in [2.05, 4.69) is 6.07 Å². The van der Waals surface area contributed by atoms with Gasteiger partial charge in [0.2, 0.25) is 0 Å². The molecule has 0 unspecified atom stereocenters. The fourth-order valence-electron chi connectivity index (χ4n) is 1.78. The second-order valence-corrected chi connectivity index (χ2v) is 4.18. The van der Waals surface area contributed by atoms with Crippen LogP contribution in [-0.2, 0) is 5.41 Å². The molecule has 1 aromatic carbocycles. The SMILES string of the molecule is N#CC1(c2cccc(Cl)c2C(O)O)CC1. The average Bonchev–Trinajstić information content (AvgIpc) is 2.97. The summed E-state index contributed by atoms with van der Waals surface area (Å²) in [5.41, 5.74) is 0.356. The number of aliphatic hydroxyl groups is 2. The van der Waals surface area contributed by atoms with Gasteiger partial charge in [-0.2, -0.15) is 5.26 Å². The van der Waals surface area contributed by atoms with Gasteiger partial charge in [-0.25, -0.2) is 0 Å². The van der Waals surface area contributed by atoms with E-state index in [0.717, 1.165) is 12.8 Å². The van der Waals surface area contributed by atoms with Crippen molar-refractivity contribution in [2.24, 2.45) is 0 Å². The highest BCUT2D eigenvalue weighted by molar-refractivity contribution is 6.31. The summed E-state index contributed by atoms with van der Waals surface area (Å²) < 4.78 is 0. The molecule has 0 atom stereocenters. The number of hydrogen-bond acceptors (Lipinski definition) is 3. The summed E-state index contributed by atoms with van der Waals surface area (Å²) in [6.07, 6.45) is -0.118. The number of nitrogens with zero attached hydrogens (tertiary/aromatic N) is 1. The van der Waals surface area contributed by atoms with Crippen molar-refractivity contribution in [3.63, 3.8) is 0 Å². The predicted octanol–water partition coefficient (Wildman–Crippen LogP) is 1.88. The zero-order valence-electron chi connectivity index (χ0n) is 7.94. The number of nitriles is 1. The topological polar surface area (TPSA) is 64.2 Å². The largest absolute Gasteiger partial charge is 0.364 e. The molecule has 0 heterocycles. The molecular weight excluding hydrogens is 214 g/mol. The van der Waals surface area contributed by atoms with Gasteiger partial charge in [0.25, 0.3) is 0 Å². The molecule has 0 aliphatic heterocycles. The Morgan fingerprint density at radius 2 is 2.07 bits per heavy atom. The Balaban J connectivity index is 2.58. The highest BCUT2D eigenvalue weighted by Gasteiger charge is 2.47. The highest BCUT2D eigenvalue weighted by atomic mass is 35.5. The van der Waals surface area contributed by atoms with E-state index >= 15 is 0 Å². The van der Waals surface area contributed by atoms with Gasteiger partial charge in [-0.3, -0.25) is 0 Å². The molecule has 0 amide bonds. The van der Waals surface area contributed by atoms with E-state index < -0.39 is 11.7 Å². The molecule has 15 heavy (non-hydrogen) atoms. The summed E-state index contributed by atoms with van der Waals surface area (Å²) in [6, 6.07) is 7.26. The summed E-state index contributed by atoms with van der Waals surface area (Å²) in [4.78, 5) is 0. The first-order valence-corrected chi connectivity index (χ1v) is 5.05. The Morgan fingerprint density at radius 1 is 1.40 bits per heavy atom. The third-order valence-corrected chi connectivity index (χ3v) is 3.12. The Hall–Kier alpha value is -1.08. The first-order chi connectivity index (χ1) is 7.10. The number of benzene rings is 1. The van der Waals surface area contributed by atoms with Gasteiger partial charge in [-0.05, 0) is 24.5 Å². The molecule has 0 radical (unpaired) electrons. The van der Waals surface area contributed by atoms with E-state index in [1.54, 1.807) is 18.2 Å². The van der Waals surface area contributed by atoms with Gasteiger partial charge in [-0.15, -0.1) is 0 Å². The highest BCUT2D eigenvalue weighted by Crippen LogP contribution is 2.50. The Kier molecular flexibility index (Phi) is 2.43. The van der Waals surface area contributed by atoms with Gasteiger partial charge in [-0.1, -0.05) is 23.7 Å². The Morgan fingerprint density at radius 3 is 2.53 bits per heavy atom. The fourth-order valence-corrected chi connectivity index (χ4v) is 2.06. The third kappa shape index (κ3) is 1.61. The minimum atomic E-state index is -1.63. The molecule has 4 heteroatoms. The molecular formula is C11H10ClNO2. The van der Waals surface area contributed by atoms with E-state index in [0.29, 0.717) is 10.6 Å². The minimum Gasteiger partial charge on any atom is -0.364 e. The van der Waals surface area contributed by atoms with Crippen LogP contribution in [0.3, 0.4) is 0 Å². The van der Waals surface area contributed by atoms with Crippen molar-refractivity contribution in [3.05, 3.63) is 34.3 Å². The lowest BCUT2D eigenvalue weighted by Gasteiger charge is -2.15. The minimum absolute atomic E-state index is 0.262. The third-order valence-electron chi connectivity index (χ3n) is 2.79. The Labute approximate surface area is 92.5 Å². The van der Waals surface area contributed by atoms with Gasteiger partial charge in [0.15, 0.2) is 6.29 Å². The molecule has 0 spiro atoms. The molecule has 0 aromatic heterocycles. The lowest BCUT2D eigenvalue weighted by atomic mass is 9.92. The van der Waals surface area contributed by atoms with E-state index in [4.69, 9.17) is 16.9 Å². The molecule has 1 fully saturated rings. The zero-order chi connectivity index (χ0) is 11.1. The number of aliphatic hydroxyl groups excluding tert-OH is 1. The molecule has 2 rings (SSSR count). The molecule has 3 nitrogen and oxygen atoms in total. The second kappa shape index (κ2) is 3.49. The summed E-state index contributed by atoms with van der Waals surface area (Å²) in [6.45, 7) is 0. The van der Waals surface area contributed by atoms with Gasteiger partial charge in [0.05, 0.1) is 11.5 Å². The van der Waals surface area contributed by atoms with Crippen molar-refractivity contribution in [1.29, 1.82) is 5.26 Å². The van der Waals surface area contributed by atoms with Gasteiger partial charge < -0.3 is 10.2 Å². The first-order valence-electron chi connectivity index (χ1n) is 4.67. The van der Waals surface area contributed by atoms with Crippen LogP contribution in [0.25, 0.3) is 0 Å². The Bertz CT molecular complexity index is 433. The second-order valence-electron chi connectivity index (χ2n) is 3.77. The van der Waals surface area contributed by atoms with Crippen molar-refractivity contribution in [1.82, 2.24) is 0 Å². The number of halogens is 1. The van der Waals surface area contributed by atoms with Crippen LogP contribution in [0.1, 0.15) is 30.3 Å². The van der Waals surface area contributed by atoms with Crippen molar-refractivity contribution in [3.8, 4) is 6.07 Å². The summed E-state index contributed by atoms with van der Waals surface area (Å²) >= 11 is 5.89. The fraction of sp³-hybridized carbons (Fsp3) is 0.364. The molecule has 0 saturated heterocycles. The van der Waals surface area contributed by atoms with Crippen LogP contribution in [0.15, 0.2) is 18.2 Å². The summed E-state index contributed by atoms with van der Waals surface area (Å²) in [5.74, 6) is 0. The van der Waals surface area contributed by atoms with Crippen molar-refractivity contribution in [2.45, 2.75) is 24.5 Å². The van der Waals surface area contributed by atoms with Gasteiger partial charge in [0, 0.05) is 10.6 Å². The van der Waals surface area contributed by atoms with E-state index in [9.17, 15) is 10.2 Å². The van der Waals surface area contributed by atoms with Crippen molar-refractivity contribution < 1.29 is 10.2 Å². The summed E-state index contributed by atoms with van der Waals surface area (Å²) in [5, 5.41) is 27.8. The maximum absolute atomic E-state index is 9.23. The normalized spacial score (nSPS) is 17.5. The molecule has 2 N–H and O–H groups in total. The number of rotatable bonds is 2. The smallest absolute Gasteiger partial charge is 0.180 e. The molecule has 0 bridgehead atoms. The average molecular weight is 224 g/mol. The maximum atomic E-state index is 9.23. The lowest BCUT2D eigenvalue weighted by molar-refractivity contribution is -0.0432. The van der Waals surface area contributed by atoms with E-state index in [-0.39, 0.29) is 5.56 Å². The molecule has 1 aromatic rings. The van der Waals surface area contributed by atoms with Crippen molar-refractivity contribution in [2.75, 3.05) is 0 Å². The molecule has 1 aliphatic carbocycles. The monoisotopic (exact) mass is 223 g/mol. The standard InChI is InChI=1S/C11H10ClNO2/c12-8-3-1-2-7(9(8)10(14)15)11(6-13)4-5-11/h1-3,10,14-15H,4-5H2. The van der Waals surface area contributed by atoms with Crippen LogP contribution in [-0.4, -0.2) is 10.2 Å². The van der Waals surface area contributed by atoms with Crippen LogP contribution in [0.5, 0.6) is 0 Å². The molecule has 1 saturated carbocycles.